The van der Waals surface area contributed by atoms with Crippen LogP contribution in [0.1, 0.15) is 5.56 Å². The Kier molecular flexibility index (Phi) is 3.42. The normalized spacial score (nSPS) is 12.3. The van der Waals surface area contributed by atoms with Crippen LogP contribution in [0, 0.1) is 0 Å². The van der Waals surface area contributed by atoms with Crippen LogP contribution >= 0.6 is 11.6 Å². The number of halogens is 1. The highest BCUT2D eigenvalue weighted by Crippen LogP contribution is 2.32. The molecule has 0 radical (unpaired) electrons. The SMILES string of the molecule is CNc1nc(Cl)nc(NCc2ccc3c(c2)OCO3)n1. The lowest BCUT2D eigenvalue weighted by Gasteiger charge is -2.07. The molecule has 2 aromatic rings. The summed E-state index contributed by atoms with van der Waals surface area (Å²) >= 11 is 5.81. The van der Waals surface area contributed by atoms with Crippen LogP contribution in [0.2, 0.25) is 5.28 Å². The van der Waals surface area contributed by atoms with E-state index in [9.17, 15) is 0 Å². The molecule has 1 aromatic heterocycles. The van der Waals surface area contributed by atoms with Gasteiger partial charge in [0.2, 0.25) is 24.0 Å². The van der Waals surface area contributed by atoms with Crippen molar-refractivity contribution < 1.29 is 9.47 Å². The van der Waals surface area contributed by atoms with Crippen molar-refractivity contribution in [3.8, 4) is 11.5 Å². The number of anilines is 2. The van der Waals surface area contributed by atoms with Gasteiger partial charge in [0.05, 0.1) is 0 Å². The van der Waals surface area contributed by atoms with E-state index < -0.39 is 0 Å². The molecule has 0 atom stereocenters. The zero-order valence-electron chi connectivity index (χ0n) is 10.7. The minimum atomic E-state index is 0.137. The number of nitrogens with zero attached hydrogens (tertiary/aromatic N) is 3. The van der Waals surface area contributed by atoms with Gasteiger partial charge in [-0.2, -0.15) is 15.0 Å². The minimum absolute atomic E-state index is 0.137. The molecule has 0 unspecified atom stereocenters. The molecular formula is C12H12ClN5O2. The molecule has 3 rings (SSSR count). The molecule has 0 amide bonds. The van der Waals surface area contributed by atoms with E-state index >= 15 is 0 Å². The molecule has 0 spiro atoms. The van der Waals surface area contributed by atoms with Crippen molar-refractivity contribution in [3.05, 3.63) is 29.0 Å². The Morgan fingerprint density at radius 1 is 1.15 bits per heavy atom. The van der Waals surface area contributed by atoms with Crippen LogP contribution in [0.3, 0.4) is 0 Å². The lowest BCUT2D eigenvalue weighted by Crippen LogP contribution is -2.07. The summed E-state index contributed by atoms with van der Waals surface area (Å²) in [5.41, 5.74) is 1.02. The molecule has 1 aromatic carbocycles. The number of benzene rings is 1. The average Bonchev–Trinajstić information content (AvgIpc) is 2.92. The quantitative estimate of drug-likeness (QED) is 0.891. The van der Waals surface area contributed by atoms with Gasteiger partial charge in [-0.05, 0) is 29.3 Å². The minimum Gasteiger partial charge on any atom is -0.454 e. The van der Waals surface area contributed by atoms with E-state index in [2.05, 4.69) is 25.6 Å². The van der Waals surface area contributed by atoms with Gasteiger partial charge in [-0.3, -0.25) is 0 Å². The van der Waals surface area contributed by atoms with E-state index in [1.54, 1.807) is 7.05 Å². The maximum absolute atomic E-state index is 5.81. The second-order valence-electron chi connectivity index (χ2n) is 4.04. The molecule has 0 saturated carbocycles. The summed E-state index contributed by atoms with van der Waals surface area (Å²) in [6.45, 7) is 0.807. The fraction of sp³-hybridized carbons (Fsp3) is 0.250. The molecule has 8 heteroatoms. The van der Waals surface area contributed by atoms with Crippen LogP contribution in [0.4, 0.5) is 11.9 Å². The van der Waals surface area contributed by atoms with Gasteiger partial charge < -0.3 is 20.1 Å². The predicted octanol–water partition coefficient (Wildman–Crippen LogP) is 1.91. The van der Waals surface area contributed by atoms with Gasteiger partial charge in [-0.25, -0.2) is 0 Å². The fourth-order valence-electron chi connectivity index (χ4n) is 1.77. The lowest BCUT2D eigenvalue weighted by molar-refractivity contribution is 0.174. The summed E-state index contributed by atoms with van der Waals surface area (Å²) < 4.78 is 10.6. The Morgan fingerprint density at radius 3 is 2.80 bits per heavy atom. The van der Waals surface area contributed by atoms with E-state index in [1.165, 1.54) is 0 Å². The summed E-state index contributed by atoms with van der Waals surface area (Å²) in [5.74, 6) is 2.33. The highest BCUT2D eigenvalue weighted by molar-refractivity contribution is 6.28. The van der Waals surface area contributed by atoms with Crippen LogP contribution in [0.5, 0.6) is 11.5 Å². The van der Waals surface area contributed by atoms with Crippen molar-refractivity contribution >= 4 is 23.5 Å². The van der Waals surface area contributed by atoms with E-state index in [0.29, 0.717) is 18.4 Å². The van der Waals surface area contributed by atoms with Crippen molar-refractivity contribution in [3.63, 3.8) is 0 Å². The summed E-state index contributed by atoms with van der Waals surface area (Å²) in [6.07, 6.45) is 0. The molecule has 2 N–H and O–H groups in total. The number of nitrogens with one attached hydrogen (secondary N) is 2. The van der Waals surface area contributed by atoms with Gasteiger partial charge in [-0.15, -0.1) is 0 Å². The second-order valence-corrected chi connectivity index (χ2v) is 4.38. The molecule has 20 heavy (non-hydrogen) atoms. The third-order valence-electron chi connectivity index (χ3n) is 2.72. The maximum atomic E-state index is 5.81. The third kappa shape index (κ3) is 2.67. The van der Waals surface area contributed by atoms with E-state index in [4.69, 9.17) is 21.1 Å². The first kappa shape index (κ1) is 12.7. The van der Waals surface area contributed by atoms with Gasteiger partial charge in [0.15, 0.2) is 11.5 Å². The number of hydrogen-bond donors (Lipinski definition) is 2. The van der Waals surface area contributed by atoms with Gasteiger partial charge in [0, 0.05) is 13.6 Å². The Balaban J connectivity index is 1.71. The second kappa shape index (κ2) is 5.38. The fourth-order valence-corrected chi connectivity index (χ4v) is 1.93. The lowest BCUT2D eigenvalue weighted by atomic mass is 10.2. The average molecular weight is 294 g/mol. The van der Waals surface area contributed by atoms with Gasteiger partial charge in [0.25, 0.3) is 0 Å². The van der Waals surface area contributed by atoms with Crippen molar-refractivity contribution in [2.75, 3.05) is 24.5 Å². The largest absolute Gasteiger partial charge is 0.454 e. The standard InChI is InChI=1S/C12H12ClN5O2/c1-14-11-16-10(13)17-12(18-11)15-5-7-2-3-8-9(4-7)20-6-19-8/h2-4H,5-6H2,1H3,(H2,14,15,16,17,18). The Morgan fingerprint density at radius 2 is 1.95 bits per heavy atom. The van der Waals surface area contributed by atoms with Gasteiger partial charge >= 0.3 is 0 Å². The van der Waals surface area contributed by atoms with Crippen LogP contribution in [-0.2, 0) is 6.54 Å². The molecular weight excluding hydrogens is 282 g/mol. The highest BCUT2D eigenvalue weighted by Gasteiger charge is 2.13. The number of rotatable bonds is 4. The predicted molar refractivity (Wildman–Crippen MR) is 74.3 cm³/mol. The first-order valence-corrected chi connectivity index (χ1v) is 6.34. The first-order valence-electron chi connectivity index (χ1n) is 5.96. The summed E-state index contributed by atoms with van der Waals surface area (Å²) in [7, 11) is 1.72. The Hall–Kier alpha value is -2.28. The van der Waals surface area contributed by atoms with Crippen LogP contribution in [0.15, 0.2) is 18.2 Å². The molecule has 0 fully saturated rings. The van der Waals surface area contributed by atoms with Crippen LogP contribution in [0.25, 0.3) is 0 Å². The van der Waals surface area contributed by atoms with Gasteiger partial charge in [-0.1, -0.05) is 6.07 Å². The molecule has 1 aliphatic rings. The number of ether oxygens (including phenoxy) is 2. The molecule has 104 valence electrons. The number of hydrogen-bond acceptors (Lipinski definition) is 7. The third-order valence-corrected chi connectivity index (χ3v) is 2.89. The molecule has 2 heterocycles. The first-order chi connectivity index (χ1) is 9.74. The van der Waals surface area contributed by atoms with Crippen LogP contribution < -0.4 is 20.1 Å². The zero-order chi connectivity index (χ0) is 13.9. The monoisotopic (exact) mass is 293 g/mol. The molecule has 0 saturated heterocycles. The molecule has 1 aliphatic heterocycles. The Bertz CT molecular complexity index is 637. The van der Waals surface area contributed by atoms with E-state index in [-0.39, 0.29) is 12.1 Å². The summed E-state index contributed by atoms with van der Waals surface area (Å²) in [5, 5.41) is 6.04. The topological polar surface area (TPSA) is 81.2 Å². The van der Waals surface area contributed by atoms with Crippen molar-refractivity contribution in [1.29, 1.82) is 0 Å². The molecule has 0 aliphatic carbocycles. The van der Waals surface area contributed by atoms with E-state index in [1.807, 2.05) is 18.2 Å². The van der Waals surface area contributed by atoms with Crippen molar-refractivity contribution in [2.45, 2.75) is 6.54 Å². The number of aromatic nitrogens is 3. The van der Waals surface area contributed by atoms with Gasteiger partial charge in [0.1, 0.15) is 0 Å². The molecule has 7 nitrogen and oxygen atoms in total. The maximum Gasteiger partial charge on any atom is 0.231 e. The molecule has 0 bridgehead atoms. The van der Waals surface area contributed by atoms with Crippen LogP contribution in [-0.4, -0.2) is 28.8 Å². The van der Waals surface area contributed by atoms with Crippen molar-refractivity contribution in [1.82, 2.24) is 15.0 Å². The summed E-state index contributed by atoms with van der Waals surface area (Å²) in [4.78, 5) is 12.1. The van der Waals surface area contributed by atoms with Crippen molar-refractivity contribution in [2.24, 2.45) is 0 Å². The Labute approximate surface area is 120 Å². The smallest absolute Gasteiger partial charge is 0.231 e. The highest BCUT2D eigenvalue weighted by atomic mass is 35.5. The van der Waals surface area contributed by atoms with E-state index in [0.717, 1.165) is 17.1 Å². The summed E-state index contributed by atoms with van der Waals surface area (Å²) in [6, 6.07) is 5.73. The zero-order valence-corrected chi connectivity index (χ0v) is 11.4. The number of fused-ring (bicyclic) bond motifs is 1.